The number of carboxylic acid groups (broad SMARTS) is 1. The molecule has 0 saturated heterocycles. The molecule has 1 aliphatic rings. The predicted molar refractivity (Wildman–Crippen MR) is 102 cm³/mol. The zero-order valence-corrected chi connectivity index (χ0v) is 16.0. The lowest BCUT2D eigenvalue weighted by Crippen LogP contribution is -2.20. The number of aromatic hydroxyl groups is 1. The van der Waals surface area contributed by atoms with E-state index in [-0.39, 0.29) is 28.7 Å². The van der Waals surface area contributed by atoms with E-state index in [9.17, 15) is 20.1 Å². The summed E-state index contributed by atoms with van der Waals surface area (Å²) in [5, 5.41) is 33.3. The third kappa shape index (κ3) is 4.12. The van der Waals surface area contributed by atoms with Gasteiger partial charge in [-0.15, -0.1) is 0 Å². The van der Waals surface area contributed by atoms with Gasteiger partial charge in [0.15, 0.2) is 0 Å². The lowest BCUT2D eigenvalue weighted by Gasteiger charge is -2.34. The molecule has 0 bridgehead atoms. The Bertz CT molecular complexity index is 730. The standard InChI is InChI=1S/C22H30O4/c1-5-6-7-8-15-12-18(23)20(21(24)19(15)22(25)26)17-11-14(4)9-10-16(17)13(2)3/h11-12,16-17,23-24H,2,5-10H2,1,3-4H3,(H,25,26)/p-1/t16-,17+/m0/s1. The van der Waals surface area contributed by atoms with Gasteiger partial charge in [-0.05, 0) is 62.6 Å². The average molecular weight is 357 g/mol. The van der Waals surface area contributed by atoms with Crippen LogP contribution in [0, 0.1) is 5.92 Å². The Morgan fingerprint density at radius 1 is 1.38 bits per heavy atom. The fourth-order valence-electron chi connectivity index (χ4n) is 3.94. The highest BCUT2D eigenvalue weighted by molar-refractivity contribution is 5.93. The van der Waals surface area contributed by atoms with E-state index in [0.29, 0.717) is 12.0 Å². The number of hydrogen-bond acceptors (Lipinski definition) is 3. The van der Waals surface area contributed by atoms with Gasteiger partial charge in [-0.2, -0.15) is 0 Å². The Hall–Kier alpha value is -2.23. The molecule has 4 nitrogen and oxygen atoms in total. The maximum Gasteiger partial charge on any atom is 0.335 e. The lowest BCUT2D eigenvalue weighted by molar-refractivity contribution is -0.270. The van der Waals surface area contributed by atoms with E-state index < -0.39 is 11.7 Å². The SMILES string of the molecule is C=C(C)[C@@H]1CCC(C)=C[C@H]1c1c(O)cc(CCCCC)c(C(=O)O)c1[O-]. The first-order chi connectivity index (χ1) is 12.3. The van der Waals surface area contributed by atoms with Gasteiger partial charge in [0.05, 0.1) is 5.56 Å². The first-order valence-corrected chi connectivity index (χ1v) is 9.39. The van der Waals surface area contributed by atoms with Crippen molar-refractivity contribution in [3.05, 3.63) is 46.6 Å². The van der Waals surface area contributed by atoms with Gasteiger partial charge in [0, 0.05) is 5.92 Å². The van der Waals surface area contributed by atoms with Crippen LogP contribution in [0.4, 0.5) is 0 Å². The molecule has 0 amide bonds. The minimum Gasteiger partial charge on any atom is -0.872 e. The van der Waals surface area contributed by atoms with Crippen LogP contribution in [0.1, 0.15) is 80.3 Å². The average Bonchev–Trinajstić information content (AvgIpc) is 2.54. The van der Waals surface area contributed by atoms with Crippen LogP contribution in [0.3, 0.4) is 0 Å². The van der Waals surface area contributed by atoms with Crippen molar-refractivity contribution in [1.29, 1.82) is 0 Å². The summed E-state index contributed by atoms with van der Waals surface area (Å²) in [7, 11) is 0. The summed E-state index contributed by atoms with van der Waals surface area (Å²) in [5.74, 6) is -2.15. The van der Waals surface area contributed by atoms with Gasteiger partial charge in [0.2, 0.25) is 0 Å². The van der Waals surface area contributed by atoms with E-state index >= 15 is 0 Å². The van der Waals surface area contributed by atoms with Gasteiger partial charge >= 0.3 is 5.97 Å². The van der Waals surface area contributed by atoms with Crippen LogP contribution >= 0.6 is 0 Å². The van der Waals surface area contributed by atoms with Gasteiger partial charge in [0.1, 0.15) is 5.75 Å². The van der Waals surface area contributed by atoms with Gasteiger partial charge in [-0.3, -0.25) is 0 Å². The second-order valence-corrected chi connectivity index (χ2v) is 7.47. The molecule has 1 aromatic rings. The summed E-state index contributed by atoms with van der Waals surface area (Å²) in [6, 6.07) is 1.49. The van der Waals surface area contributed by atoms with Gasteiger partial charge in [-0.25, -0.2) is 4.79 Å². The molecule has 0 heterocycles. The summed E-state index contributed by atoms with van der Waals surface area (Å²) in [5.41, 5.74) is 2.54. The smallest absolute Gasteiger partial charge is 0.335 e. The van der Waals surface area contributed by atoms with Gasteiger partial charge in [-0.1, -0.05) is 49.3 Å². The summed E-state index contributed by atoms with van der Waals surface area (Å²) in [6.07, 6.45) is 7.00. The van der Waals surface area contributed by atoms with Crippen molar-refractivity contribution in [2.45, 2.75) is 65.2 Å². The number of aryl methyl sites for hydroxylation is 1. The molecule has 1 aromatic carbocycles. The number of allylic oxidation sites excluding steroid dienone is 3. The quantitative estimate of drug-likeness (QED) is 0.536. The molecule has 2 rings (SSSR count). The fourth-order valence-corrected chi connectivity index (χ4v) is 3.94. The molecule has 26 heavy (non-hydrogen) atoms. The summed E-state index contributed by atoms with van der Waals surface area (Å²) in [4.78, 5) is 11.8. The van der Waals surface area contributed by atoms with Gasteiger partial charge in [0.25, 0.3) is 0 Å². The van der Waals surface area contributed by atoms with Crippen LogP contribution in [-0.4, -0.2) is 16.2 Å². The van der Waals surface area contributed by atoms with Crippen LogP contribution in [0.15, 0.2) is 29.9 Å². The van der Waals surface area contributed by atoms with Crippen LogP contribution in [0.5, 0.6) is 11.5 Å². The molecule has 0 saturated carbocycles. The molecule has 1 aliphatic carbocycles. The molecular weight excluding hydrogens is 328 g/mol. The second-order valence-electron chi connectivity index (χ2n) is 7.47. The number of benzene rings is 1. The Kier molecular flexibility index (Phi) is 6.52. The third-order valence-electron chi connectivity index (χ3n) is 5.36. The third-order valence-corrected chi connectivity index (χ3v) is 5.36. The molecule has 0 unspecified atom stereocenters. The van der Waals surface area contributed by atoms with Crippen LogP contribution in [0.2, 0.25) is 0 Å². The molecule has 0 radical (unpaired) electrons. The number of carbonyl (C=O) groups is 1. The normalized spacial score (nSPS) is 19.9. The van der Waals surface area contributed by atoms with E-state index in [0.717, 1.165) is 43.3 Å². The van der Waals surface area contributed by atoms with Crippen LogP contribution in [-0.2, 0) is 6.42 Å². The van der Waals surface area contributed by atoms with E-state index in [1.54, 1.807) is 0 Å². The number of carboxylic acids is 1. The number of aromatic carboxylic acids is 1. The van der Waals surface area contributed by atoms with Crippen molar-refractivity contribution >= 4 is 5.97 Å². The van der Waals surface area contributed by atoms with Gasteiger partial charge < -0.3 is 15.3 Å². The highest BCUT2D eigenvalue weighted by Crippen LogP contribution is 2.47. The van der Waals surface area contributed by atoms with E-state index in [2.05, 4.69) is 13.5 Å². The summed E-state index contributed by atoms with van der Waals surface area (Å²) >= 11 is 0. The Balaban J connectivity index is 2.58. The van der Waals surface area contributed by atoms with Crippen molar-refractivity contribution in [2.75, 3.05) is 0 Å². The largest absolute Gasteiger partial charge is 0.872 e. The lowest BCUT2D eigenvalue weighted by atomic mass is 9.73. The van der Waals surface area contributed by atoms with E-state index in [1.165, 1.54) is 6.07 Å². The molecular formula is C22H29O4-. The number of phenolic OH excluding ortho intramolecular Hbond substituents is 1. The van der Waals surface area contributed by atoms with Crippen molar-refractivity contribution in [3.63, 3.8) is 0 Å². The van der Waals surface area contributed by atoms with E-state index in [4.69, 9.17) is 0 Å². The molecule has 2 atom stereocenters. The zero-order chi connectivity index (χ0) is 19.4. The fraction of sp³-hybridized carbons (Fsp3) is 0.500. The van der Waals surface area contributed by atoms with Crippen LogP contribution < -0.4 is 5.11 Å². The van der Waals surface area contributed by atoms with Crippen molar-refractivity contribution in [1.82, 2.24) is 0 Å². The second kappa shape index (κ2) is 8.43. The van der Waals surface area contributed by atoms with E-state index in [1.807, 2.05) is 19.9 Å². The minimum absolute atomic E-state index is 0.0323. The molecule has 0 aliphatic heterocycles. The number of rotatable bonds is 7. The Labute approximate surface area is 155 Å². The number of hydrogen-bond donors (Lipinski definition) is 2. The first kappa shape index (κ1) is 20.1. The molecule has 0 aromatic heterocycles. The topological polar surface area (TPSA) is 80.6 Å². The molecule has 4 heteroatoms. The maximum atomic E-state index is 13.1. The number of phenols is 1. The van der Waals surface area contributed by atoms with Crippen molar-refractivity contribution < 1.29 is 20.1 Å². The van der Waals surface area contributed by atoms with Crippen molar-refractivity contribution in [2.24, 2.45) is 5.92 Å². The summed E-state index contributed by atoms with van der Waals surface area (Å²) in [6.45, 7) is 10.0. The zero-order valence-electron chi connectivity index (χ0n) is 16.0. The first-order valence-electron chi connectivity index (χ1n) is 9.39. The molecule has 2 N–H and O–H groups in total. The minimum atomic E-state index is -1.22. The molecule has 142 valence electrons. The highest BCUT2D eigenvalue weighted by atomic mass is 16.4. The highest BCUT2D eigenvalue weighted by Gasteiger charge is 2.30. The Morgan fingerprint density at radius 3 is 2.65 bits per heavy atom. The van der Waals surface area contributed by atoms with Crippen LogP contribution in [0.25, 0.3) is 0 Å². The molecule has 0 spiro atoms. The predicted octanol–water partition coefficient (Wildman–Crippen LogP) is 4.91. The van der Waals surface area contributed by atoms with Crippen molar-refractivity contribution in [3.8, 4) is 11.5 Å². The monoisotopic (exact) mass is 357 g/mol. The maximum absolute atomic E-state index is 13.1. The Morgan fingerprint density at radius 2 is 2.08 bits per heavy atom. The molecule has 0 fully saturated rings. The summed E-state index contributed by atoms with van der Waals surface area (Å²) < 4.78 is 0. The number of unbranched alkanes of at least 4 members (excludes halogenated alkanes) is 2.